The van der Waals surface area contributed by atoms with Crippen LogP contribution in [0.3, 0.4) is 0 Å². The Morgan fingerprint density at radius 1 is 1.13 bits per heavy atom. The fourth-order valence-electron chi connectivity index (χ4n) is 5.36. The van der Waals surface area contributed by atoms with Crippen LogP contribution in [-0.2, 0) is 4.79 Å². The molecule has 1 aromatic heterocycles. The van der Waals surface area contributed by atoms with Gasteiger partial charge in [0, 0.05) is 44.2 Å². The van der Waals surface area contributed by atoms with Gasteiger partial charge in [-0.15, -0.1) is 0 Å². The zero-order chi connectivity index (χ0) is 22.0. The Morgan fingerprint density at radius 2 is 1.84 bits per heavy atom. The quantitative estimate of drug-likeness (QED) is 0.647. The molecule has 170 valence electrons. The van der Waals surface area contributed by atoms with E-state index in [4.69, 9.17) is 4.98 Å². The SMILES string of the molecule is Cc1cc(C)c2nc(N3CCC(C(=O)NCCCN4C(C)CCCC4C)CC3)sc2c1. The molecule has 1 aromatic carbocycles. The van der Waals surface area contributed by atoms with Gasteiger partial charge in [-0.05, 0) is 77.0 Å². The van der Waals surface area contributed by atoms with Gasteiger partial charge in [0.25, 0.3) is 0 Å². The summed E-state index contributed by atoms with van der Waals surface area (Å²) in [4.78, 5) is 22.6. The van der Waals surface area contributed by atoms with Gasteiger partial charge in [0.15, 0.2) is 5.13 Å². The van der Waals surface area contributed by atoms with Crippen LogP contribution in [0.5, 0.6) is 0 Å². The molecule has 5 nitrogen and oxygen atoms in total. The maximum atomic E-state index is 12.7. The van der Waals surface area contributed by atoms with Crippen molar-refractivity contribution in [3.8, 4) is 0 Å². The number of aromatic nitrogens is 1. The van der Waals surface area contributed by atoms with E-state index in [2.05, 4.69) is 54.9 Å². The van der Waals surface area contributed by atoms with E-state index in [1.165, 1.54) is 35.1 Å². The molecule has 6 heteroatoms. The predicted octanol–water partition coefficient (Wildman–Crippen LogP) is 4.90. The minimum Gasteiger partial charge on any atom is -0.356 e. The van der Waals surface area contributed by atoms with E-state index in [1.807, 2.05) is 0 Å². The highest BCUT2D eigenvalue weighted by Crippen LogP contribution is 2.33. The van der Waals surface area contributed by atoms with Crippen LogP contribution in [0.1, 0.15) is 63.5 Å². The summed E-state index contributed by atoms with van der Waals surface area (Å²) >= 11 is 1.78. The lowest BCUT2D eigenvalue weighted by Gasteiger charge is -2.39. The van der Waals surface area contributed by atoms with Crippen molar-refractivity contribution in [1.29, 1.82) is 0 Å². The average molecular weight is 443 g/mol. The highest BCUT2D eigenvalue weighted by atomic mass is 32.1. The second kappa shape index (κ2) is 9.86. The fourth-order valence-corrected chi connectivity index (χ4v) is 6.55. The number of nitrogens with one attached hydrogen (secondary N) is 1. The lowest BCUT2D eigenvalue weighted by Crippen LogP contribution is -2.45. The number of nitrogens with zero attached hydrogens (tertiary/aromatic N) is 3. The van der Waals surface area contributed by atoms with Gasteiger partial charge < -0.3 is 10.2 Å². The first-order valence-electron chi connectivity index (χ1n) is 12.1. The van der Waals surface area contributed by atoms with E-state index in [-0.39, 0.29) is 11.8 Å². The lowest BCUT2D eigenvalue weighted by atomic mass is 9.96. The fraction of sp³-hybridized carbons (Fsp3) is 0.680. The molecule has 1 N–H and O–H groups in total. The smallest absolute Gasteiger partial charge is 0.223 e. The van der Waals surface area contributed by atoms with Crippen LogP contribution in [-0.4, -0.2) is 54.1 Å². The summed E-state index contributed by atoms with van der Waals surface area (Å²) in [7, 11) is 0. The van der Waals surface area contributed by atoms with Crippen LogP contribution in [0, 0.1) is 19.8 Å². The largest absolute Gasteiger partial charge is 0.356 e. The number of rotatable bonds is 6. The highest BCUT2D eigenvalue weighted by molar-refractivity contribution is 7.22. The number of anilines is 1. The van der Waals surface area contributed by atoms with Crippen LogP contribution in [0.4, 0.5) is 5.13 Å². The summed E-state index contributed by atoms with van der Waals surface area (Å²) in [6, 6.07) is 5.79. The van der Waals surface area contributed by atoms with Crippen molar-refractivity contribution >= 4 is 32.6 Å². The number of carbonyl (C=O) groups is 1. The first kappa shape index (κ1) is 22.5. The second-order valence-corrected chi connectivity index (χ2v) is 10.7. The number of aryl methyl sites for hydroxylation is 2. The molecule has 2 aliphatic rings. The van der Waals surface area contributed by atoms with Gasteiger partial charge in [0.2, 0.25) is 5.91 Å². The van der Waals surface area contributed by atoms with Crippen LogP contribution < -0.4 is 10.2 Å². The summed E-state index contributed by atoms with van der Waals surface area (Å²) in [5, 5.41) is 4.32. The molecule has 0 saturated carbocycles. The Labute approximate surface area is 191 Å². The molecule has 2 aromatic rings. The lowest BCUT2D eigenvalue weighted by molar-refractivity contribution is -0.125. The summed E-state index contributed by atoms with van der Waals surface area (Å²) in [6.07, 6.45) is 6.85. The maximum Gasteiger partial charge on any atom is 0.223 e. The normalized spacial score (nSPS) is 23.4. The third-order valence-electron chi connectivity index (χ3n) is 7.22. The van der Waals surface area contributed by atoms with Crippen LogP contribution in [0.25, 0.3) is 10.2 Å². The summed E-state index contributed by atoms with van der Waals surface area (Å²) in [6.45, 7) is 12.7. The molecular formula is C25H38N4OS. The number of fused-ring (bicyclic) bond motifs is 1. The third-order valence-corrected chi connectivity index (χ3v) is 8.29. The molecule has 2 aliphatic heterocycles. The van der Waals surface area contributed by atoms with E-state index >= 15 is 0 Å². The maximum absolute atomic E-state index is 12.7. The van der Waals surface area contributed by atoms with Crippen molar-refractivity contribution in [2.24, 2.45) is 5.92 Å². The van der Waals surface area contributed by atoms with E-state index in [1.54, 1.807) is 11.3 Å². The zero-order valence-corrected chi connectivity index (χ0v) is 20.4. The zero-order valence-electron chi connectivity index (χ0n) is 19.6. The number of hydrogen-bond acceptors (Lipinski definition) is 5. The summed E-state index contributed by atoms with van der Waals surface area (Å²) in [5.74, 6) is 0.387. The molecule has 31 heavy (non-hydrogen) atoms. The minimum atomic E-state index is 0.141. The highest BCUT2D eigenvalue weighted by Gasteiger charge is 2.27. The van der Waals surface area contributed by atoms with E-state index < -0.39 is 0 Å². The predicted molar refractivity (Wildman–Crippen MR) is 131 cm³/mol. The number of amides is 1. The van der Waals surface area contributed by atoms with Crippen molar-refractivity contribution in [2.75, 3.05) is 31.1 Å². The van der Waals surface area contributed by atoms with Gasteiger partial charge >= 0.3 is 0 Å². The second-order valence-electron chi connectivity index (χ2n) is 9.70. The van der Waals surface area contributed by atoms with Crippen molar-refractivity contribution in [1.82, 2.24) is 15.2 Å². The minimum absolute atomic E-state index is 0.141. The Balaban J connectivity index is 1.22. The number of hydrogen-bond donors (Lipinski definition) is 1. The van der Waals surface area contributed by atoms with Crippen LogP contribution >= 0.6 is 11.3 Å². The van der Waals surface area contributed by atoms with E-state index in [9.17, 15) is 4.79 Å². The van der Waals surface area contributed by atoms with E-state index in [0.717, 1.165) is 56.1 Å². The standard InChI is InChI=1S/C25H38N4OS/c1-17-15-18(2)23-22(16-17)31-25(27-23)28-13-9-21(10-14-28)24(30)26-11-6-12-29-19(3)7-5-8-20(29)4/h15-16,19-21H,5-14H2,1-4H3,(H,26,30). The molecule has 0 spiro atoms. The molecule has 2 fully saturated rings. The van der Waals surface area contributed by atoms with Gasteiger partial charge in [0.05, 0.1) is 10.2 Å². The summed E-state index contributed by atoms with van der Waals surface area (Å²) in [5.41, 5.74) is 3.67. The molecule has 1 amide bonds. The van der Waals surface area contributed by atoms with Gasteiger partial charge in [-0.2, -0.15) is 0 Å². The number of benzene rings is 1. The summed E-state index contributed by atoms with van der Waals surface area (Å²) < 4.78 is 1.27. The molecule has 2 unspecified atom stereocenters. The van der Waals surface area contributed by atoms with Gasteiger partial charge in [-0.25, -0.2) is 4.98 Å². The van der Waals surface area contributed by atoms with Crippen molar-refractivity contribution in [3.05, 3.63) is 23.3 Å². The van der Waals surface area contributed by atoms with E-state index in [0.29, 0.717) is 12.1 Å². The number of carbonyl (C=O) groups excluding carboxylic acids is 1. The number of piperidine rings is 2. The molecular weight excluding hydrogens is 404 g/mol. The first-order chi connectivity index (χ1) is 14.9. The third kappa shape index (κ3) is 5.23. The van der Waals surface area contributed by atoms with Crippen LogP contribution in [0.2, 0.25) is 0 Å². The Bertz CT molecular complexity index is 892. The number of likely N-dealkylation sites (tertiary alicyclic amines) is 1. The van der Waals surface area contributed by atoms with Crippen molar-refractivity contribution in [3.63, 3.8) is 0 Å². The van der Waals surface area contributed by atoms with Crippen molar-refractivity contribution < 1.29 is 4.79 Å². The van der Waals surface area contributed by atoms with Gasteiger partial charge in [-0.1, -0.05) is 23.8 Å². The molecule has 2 atom stereocenters. The monoisotopic (exact) mass is 442 g/mol. The Morgan fingerprint density at radius 3 is 2.55 bits per heavy atom. The Hall–Kier alpha value is -1.66. The van der Waals surface area contributed by atoms with Crippen molar-refractivity contribution in [2.45, 2.75) is 78.3 Å². The molecule has 2 saturated heterocycles. The topological polar surface area (TPSA) is 48.5 Å². The van der Waals surface area contributed by atoms with Gasteiger partial charge in [-0.3, -0.25) is 9.69 Å². The molecule has 0 aliphatic carbocycles. The molecule has 0 radical (unpaired) electrons. The Kier molecular flexibility index (Phi) is 7.17. The molecule has 3 heterocycles. The first-order valence-corrected chi connectivity index (χ1v) is 12.9. The molecule has 0 bridgehead atoms. The molecule has 4 rings (SSSR count). The van der Waals surface area contributed by atoms with Crippen LogP contribution in [0.15, 0.2) is 12.1 Å². The average Bonchev–Trinajstić information content (AvgIpc) is 3.17. The number of thiazole rings is 1. The van der Waals surface area contributed by atoms with Gasteiger partial charge in [0.1, 0.15) is 0 Å².